The third kappa shape index (κ3) is 3.35. The molecule has 2 N–H and O–H groups in total. The van der Waals surface area contributed by atoms with Gasteiger partial charge < -0.3 is 5.73 Å². The van der Waals surface area contributed by atoms with Gasteiger partial charge in [0, 0.05) is 29.4 Å². The van der Waals surface area contributed by atoms with Gasteiger partial charge in [0.25, 0.3) is 0 Å². The maximum Gasteiger partial charge on any atom is 0.159 e. The van der Waals surface area contributed by atoms with Crippen LogP contribution in [-0.2, 0) is 6.42 Å². The standard InChI is InChI=1S/C15H18FN3/c1-9-6-12(16)4-5-14(9)15-18-11(3)8-13(19-15)7-10(2)17/h4-6,8,10H,7,17H2,1-3H3. The lowest BCUT2D eigenvalue weighted by Crippen LogP contribution is -2.19. The summed E-state index contributed by atoms with van der Waals surface area (Å²) in [5, 5.41) is 0. The Bertz CT molecular complexity index is 594. The molecule has 0 aliphatic carbocycles. The number of benzene rings is 1. The molecule has 3 nitrogen and oxygen atoms in total. The Balaban J connectivity index is 2.46. The molecule has 0 aliphatic heterocycles. The summed E-state index contributed by atoms with van der Waals surface area (Å²) >= 11 is 0. The van der Waals surface area contributed by atoms with Crippen LogP contribution in [0, 0.1) is 19.7 Å². The van der Waals surface area contributed by atoms with Gasteiger partial charge in [-0.25, -0.2) is 14.4 Å². The Kier molecular flexibility index (Phi) is 3.90. The van der Waals surface area contributed by atoms with Crippen LogP contribution in [0.5, 0.6) is 0 Å². The number of hydrogen-bond acceptors (Lipinski definition) is 3. The van der Waals surface area contributed by atoms with Crippen molar-refractivity contribution in [3.63, 3.8) is 0 Å². The highest BCUT2D eigenvalue weighted by molar-refractivity contribution is 5.60. The minimum atomic E-state index is -0.246. The molecule has 0 aliphatic rings. The molecule has 0 fully saturated rings. The van der Waals surface area contributed by atoms with Crippen molar-refractivity contribution in [2.24, 2.45) is 5.73 Å². The summed E-state index contributed by atoms with van der Waals surface area (Å²) in [5.41, 5.74) is 9.30. The van der Waals surface area contributed by atoms with E-state index in [1.807, 2.05) is 26.8 Å². The molecule has 4 heteroatoms. The number of aryl methyl sites for hydroxylation is 2. The van der Waals surface area contributed by atoms with Gasteiger partial charge in [-0.15, -0.1) is 0 Å². The Morgan fingerprint density at radius 1 is 1.21 bits per heavy atom. The van der Waals surface area contributed by atoms with Crippen LogP contribution in [0.15, 0.2) is 24.3 Å². The highest BCUT2D eigenvalue weighted by Crippen LogP contribution is 2.21. The van der Waals surface area contributed by atoms with Gasteiger partial charge in [0.1, 0.15) is 5.82 Å². The number of halogens is 1. The Morgan fingerprint density at radius 2 is 1.95 bits per heavy atom. The summed E-state index contributed by atoms with van der Waals surface area (Å²) < 4.78 is 13.1. The quantitative estimate of drug-likeness (QED) is 0.922. The van der Waals surface area contributed by atoms with Gasteiger partial charge in [-0.3, -0.25) is 0 Å². The van der Waals surface area contributed by atoms with E-state index in [1.54, 1.807) is 6.07 Å². The normalized spacial score (nSPS) is 12.5. The summed E-state index contributed by atoms with van der Waals surface area (Å²) in [6, 6.07) is 6.63. The van der Waals surface area contributed by atoms with Crippen molar-refractivity contribution in [1.82, 2.24) is 9.97 Å². The average molecular weight is 259 g/mol. The van der Waals surface area contributed by atoms with Gasteiger partial charge in [-0.2, -0.15) is 0 Å². The largest absolute Gasteiger partial charge is 0.328 e. The van der Waals surface area contributed by atoms with E-state index in [-0.39, 0.29) is 11.9 Å². The first-order valence-electron chi connectivity index (χ1n) is 6.32. The average Bonchev–Trinajstić information content (AvgIpc) is 2.26. The second kappa shape index (κ2) is 5.45. The van der Waals surface area contributed by atoms with Crippen LogP contribution in [-0.4, -0.2) is 16.0 Å². The van der Waals surface area contributed by atoms with E-state index in [4.69, 9.17) is 5.73 Å². The van der Waals surface area contributed by atoms with Crippen LogP contribution < -0.4 is 5.73 Å². The summed E-state index contributed by atoms with van der Waals surface area (Å²) in [6.07, 6.45) is 0.705. The number of rotatable bonds is 3. The van der Waals surface area contributed by atoms with Crippen LogP contribution in [0.3, 0.4) is 0 Å². The van der Waals surface area contributed by atoms with Gasteiger partial charge in [-0.1, -0.05) is 0 Å². The molecule has 100 valence electrons. The second-order valence-corrected chi connectivity index (χ2v) is 4.96. The number of aromatic nitrogens is 2. The van der Waals surface area contributed by atoms with Crippen molar-refractivity contribution < 1.29 is 4.39 Å². The van der Waals surface area contributed by atoms with Gasteiger partial charge in [0.15, 0.2) is 5.82 Å². The topological polar surface area (TPSA) is 51.8 Å². The predicted molar refractivity (Wildman–Crippen MR) is 74.3 cm³/mol. The van der Waals surface area contributed by atoms with E-state index >= 15 is 0 Å². The summed E-state index contributed by atoms with van der Waals surface area (Å²) in [4.78, 5) is 8.95. The van der Waals surface area contributed by atoms with Crippen molar-refractivity contribution in [3.8, 4) is 11.4 Å². The minimum Gasteiger partial charge on any atom is -0.328 e. The molecular formula is C15H18FN3. The monoisotopic (exact) mass is 259 g/mol. The zero-order chi connectivity index (χ0) is 14.0. The van der Waals surface area contributed by atoms with Gasteiger partial charge in [0.05, 0.1) is 0 Å². The van der Waals surface area contributed by atoms with E-state index in [9.17, 15) is 4.39 Å². The van der Waals surface area contributed by atoms with Crippen molar-refractivity contribution in [2.45, 2.75) is 33.2 Å². The highest BCUT2D eigenvalue weighted by atomic mass is 19.1. The SMILES string of the molecule is Cc1cc(CC(C)N)nc(-c2ccc(F)cc2C)n1. The molecule has 0 radical (unpaired) electrons. The summed E-state index contributed by atoms with van der Waals surface area (Å²) in [5.74, 6) is 0.387. The van der Waals surface area contributed by atoms with E-state index < -0.39 is 0 Å². The Morgan fingerprint density at radius 3 is 2.58 bits per heavy atom. The molecule has 1 heterocycles. The lowest BCUT2D eigenvalue weighted by atomic mass is 10.1. The molecule has 0 saturated carbocycles. The smallest absolute Gasteiger partial charge is 0.159 e. The predicted octanol–water partition coefficient (Wildman–Crippen LogP) is 2.79. The minimum absolute atomic E-state index is 0.0523. The lowest BCUT2D eigenvalue weighted by Gasteiger charge is -2.10. The van der Waals surface area contributed by atoms with Crippen LogP contribution in [0.2, 0.25) is 0 Å². The van der Waals surface area contributed by atoms with Crippen LogP contribution in [0.1, 0.15) is 23.9 Å². The second-order valence-electron chi connectivity index (χ2n) is 4.96. The lowest BCUT2D eigenvalue weighted by molar-refractivity contribution is 0.627. The first kappa shape index (κ1) is 13.6. The van der Waals surface area contributed by atoms with E-state index in [2.05, 4.69) is 9.97 Å². The Hall–Kier alpha value is -1.81. The van der Waals surface area contributed by atoms with Crippen molar-refractivity contribution in [1.29, 1.82) is 0 Å². The summed E-state index contributed by atoms with van der Waals surface area (Å²) in [7, 11) is 0. The van der Waals surface area contributed by atoms with Gasteiger partial charge in [-0.05, 0) is 50.6 Å². The molecule has 0 saturated heterocycles. The fourth-order valence-electron chi connectivity index (χ4n) is 2.07. The molecule has 0 amide bonds. The first-order valence-corrected chi connectivity index (χ1v) is 6.32. The van der Waals surface area contributed by atoms with Crippen LogP contribution in [0.4, 0.5) is 4.39 Å². The third-order valence-corrected chi connectivity index (χ3v) is 2.87. The molecule has 1 atom stereocenters. The van der Waals surface area contributed by atoms with Gasteiger partial charge in [0.2, 0.25) is 0 Å². The molecule has 19 heavy (non-hydrogen) atoms. The van der Waals surface area contributed by atoms with Crippen LogP contribution >= 0.6 is 0 Å². The third-order valence-electron chi connectivity index (χ3n) is 2.87. The van der Waals surface area contributed by atoms with Crippen molar-refractivity contribution >= 4 is 0 Å². The molecule has 0 spiro atoms. The number of nitrogens with two attached hydrogens (primary N) is 1. The molecule has 2 rings (SSSR count). The Labute approximate surface area is 112 Å². The van der Waals surface area contributed by atoms with Crippen molar-refractivity contribution in [3.05, 3.63) is 47.0 Å². The fraction of sp³-hybridized carbons (Fsp3) is 0.333. The highest BCUT2D eigenvalue weighted by Gasteiger charge is 2.09. The molecular weight excluding hydrogens is 241 g/mol. The maximum absolute atomic E-state index is 13.1. The zero-order valence-electron chi connectivity index (χ0n) is 11.4. The summed E-state index contributed by atoms with van der Waals surface area (Å²) in [6.45, 7) is 5.73. The van der Waals surface area contributed by atoms with Crippen molar-refractivity contribution in [2.75, 3.05) is 0 Å². The first-order chi connectivity index (χ1) is 8.95. The maximum atomic E-state index is 13.1. The number of nitrogens with zero attached hydrogens (tertiary/aromatic N) is 2. The number of hydrogen-bond donors (Lipinski definition) is 1. The molecule has 2 aromatic rings. The fourth-order valence-corrected chi connectivity index (χ4v) is 2.07. The van der Waals surface area contributed by atoms with E-state index in [1.165, 1.54) is 12.1 Å². The molecule has 1 unspecified atom stereocenters. The van der Waals surface area contributed by atoms with E-state index in [0.717, 1.165) is 22.5 Å². The van der Waals surface area contributed by atoms with Crippen LogP contribution in [0.25, 0.3) is 11.4 Å². The zero-order valence-corrected chi connectivity index (χ0v) is 11.4. The van der Waals surface area contributed by atoms with Gasteiger partial charge >= 0.3 is 0 Å². The molecule has 1 aromatic heterocycles. The van der Waals surface area contributed by atoms with E-state index in [0.29, 0.717) is 12.2 Å². The molecule has 1 aromatic carbocycles. The molecule has 0 bridgehead atoms.